The molecule has 2 aromatic rings. The van der Waals surface area contributed by atoms with Crippen LogP contribution in [0, 0.1) is 0 Å². The van der Waals surface area contributed by atoms with Gasteiger partial charge in [0.15, 0.2) is 5.69 Å². The van der Waals surface area contributed by atoms with E-state index in [1.807, 2.05) is 12.1 Å². The van der Waals surface area contributed by atoms with Crippen molar-refractivity contribution in [2.24, 2.45) is 5.73 Å². The van der Waals surface area contributed by atoms with E-state index >= 15 is 0 Å². The van der Waals surface area contributed by atoms with Crippen molar-refractivity contribution < 1.29 is 4.79 Å². The van der Waals surface area contributed by atoms with Crippen molar-refractivity contribution in [1.82, 2.24) is 14.6 Å². The Labute approximate surface area is 86.9 Å². The van der Waals surface area contributed by atoms with Gasteiger partial charge in [0, 0.05) is 5.69 Å². The standard InChI is InChI=1S/C10H12N4O/c1-2-3-7-4-5-8-9(10(11)15)12-6-13-14(7)8/h4-6H,2-3H2,1H3,(H2,11,15). The van der Waals surface area contributed by atoms with Gasteiger partial charge in [0.1, 0.15) is 6.33 Å². The molecule has 0 aliphatic heterocycles. The Kier molecular flexibility index (Phi) is 2.37. The van der Waals surface area contributed by atoms with E-state index in [1.54, 1.807) is 4.52 Å². The minimum atomic E-state index is -0.524. The number of carbonyl (C=O) groups is 1. The maximum absolute atomic E-state index is 11.1. The first-order chi connectivity index (χ1) is 7.24. The van der Waals surface area contributed by atoms with Crippen LogP contribution in [0.2, 0.25) is 0 Å². The summed E-state index contributed by atoms with van der Waals surface area (Å²) in [6.45, 7) is 2.09. The minimum Gasteiger partial charge on any atom is -0.364 e. The van der Waals surface area contributed by atoms with Gasteiger partial charge in [-0.05, 0) is 18.6 Å². The first-order valence-corrected chi connectivity index (χ1v) is 4.85. The number of hydrogen-bond donors (Lipinski definition) is 1. The molecule has 0 radical (unpaired) electrons. The molecule has 5 nitrogen and oxygen atoms in total. The molecule has 2 N–H and O–H groups in total. The topological polar surface area (TPSA) is 73.3 Å². The number of nitrogens with zero attached hydrogens (tertiary/aromatic N) is 3. The van der Waals surface area contributed by atoms with Gasteiger partial charge in [0.05, 0.1) is 5.52 Å². The summed E-state index contributed by atoms with van der Waals surface area (Å²) < 4.78 is 1.72. The van der Waals surface area contributed by atoms with E-state index in [4.69, 9.17) is 5.73 Å². The summed E-state index contributed by atoms with van der Waals surface area (Å²) in [5.41, 5.74) is 7.23. The fraction of sp³-hybridized carbons (Fsp3) is 0.300. The van der Waals surface area contributed by atoms with Gasteiger partial charge >= 0.3 is 0 Å². The van der Waals surface area contributed by atoms with Gasteiger partial charge in [0.2, 0.25) is 0 Å². The molecule has 15 heavy (non-hydrogen) atoms. The molecule has 78 valence electrons. The zero-order chi connectivity index (χ0) is 10.8. The predicted molar refractivity (Wildman–Crippen MR) is 55.5 cm³/mol. The van der Waals surface area contributed by atoms with Gasteiger partial charge in [-0.2, -0.15) is 5.10 Å². The van der Waals surface area contributed by atoms with Gasteiger partial charge in [0.25, 0.3) is 5.91 Å². The minimum absolute atomic E-state index is 0.271. The molecule has 1 amide bonds. The van der Waals surface area contributed by atoms with Crippen LogP contribution in [-0.4, -0.2) is 20.5 Å². The fourth-order valence-corrected chi connectivity index (χ4v) is 1.62. The molecule has 5 heteroatoms. The number of rotatable bonds is 3. The lowest BCUT2D eigenvalue weighted by molar-refractivity contribution is 0.0996. The maximum atomic E-state index is 11.1. The SMILES string of the molecule is CCCc1ccc2c(C(N)=O)ncnn12. The summed E-state index contributed by atoms with van der Waals surface area (Å²) in [5.74, 6) is -0.524. The fourth-order valence-electron chi connectivity index (χ4n) is 1.62. The highest BCUT2D eigenvalue weighted by Gasteiger charge is 2.11. The van der Waals surface area contributed by atoms with E-state index in [9.17, 15) is 4.79 Å². The van der Waals surface area contributed by atoms with Crippen molar-refractivity contribution in [3.05, 3.63) is 29.8 Å². The molecule has 0 unspecified atom stereocenters. The van der Waals surface area contributed by atoms with Crippen LogP contribution in [-0.2, 0) is 6.42 Å². The predicted octanol–water partition coefficient (Wildman–Crippen LogP) is 0.781. The second-order valence-electron chi connectivity index (χ2n) is 3.34. The lowest BCUT2D eigenvalue weighted by atomic mass is 10.3. The summed E-state index contributed by atoms with van der Waals surface area (Å²) in [6, 6.07) is 3.77. The number of amides is 1. The lowest BCUT2D eigenvalue weighted by Crippen LogP contribution is -2.15. The van der Waals surface area contributed by atoms with E-state index in [0.29, 0.717) is 5.52 Å². The number of hydrogen-bond acceptors (Lipinski definition) is 3. The smallest absolute Gasteiger partial charge is 0.269 e. The second kappa shape index (κ2) is 3.68. The molecular weight excluding hydrogens is 192 g/mol. The zero-order valence-electron chi connectivity index (χ0n) is 8.47. The molecule has 2 heterocycles. The van der Waals surface area contributed by atoms with Crippen molar-refractivity contribution in [1.29, 1.82) is 0 Å². The number of aromatic nitrogens is 3. The molecule has 0 bridgehead atoms. The third kappa shape index (κ3) is 1.56. The average molecular weight is 204 g/mol. The molecule has 0 aliphatic carbocycles. The quantitative estimate of drug-likeness (QED) is 0.802. The van der Waals surface area contributed by atoms with Crippen molar-refractivity contribution in [3.8, 4) is 0 Å². The van der Waals surface area contributed by atoms with Crippen LogP contribution in [0.3, 0.4) is 0 Å². The maximum Gasteiger partial charge on any atom is 0.269 e. The molecule has 0 aliphatic rings. The highest BCUT2D eigenvalue weighted by atomic mass is 16.1. The van der Waals surface area contributed by atoms with Gasteiger partial charge < -0.3 is 5.73 Å². The number of aryl methyl sites for hydroxylation is 1. The van der Waals surface area contributed by atoms with E-state index in [1.165, 1.54) is 6.33 Å². The molecular formula is C10H12N4O. The highest BCUT2D eigenvalue weighted by molar-refractivity contribution is 5.97. The Morgan fingerprint density at radius 3 is 3.00 bits per heavy atom. The van der Waals surface area contributed by atoms with Gasteiger partial charge in [-0.25, -0.2) is 9.50 Å². The number of fused-ring (bicyclic) bond motifs is 1. The van der Waals surface area contributed by atoms with Crippen LogP contribution >= 0.6 is 0 Å². The van der Waals surface area contributed by atoms with Crippen molar-refractivity contribution in [3.63, 3.8) is 0 Å². The normalized spacial score (nSPS) is 10.7. The first-order valence-electron chi connectivity index (χ1n) is 4.85. The molecule has 0 saturated heterocycles. The van der Waals surface area contributed by atoms with Gasteiger partial charge in [-0.15, -0.1) is 0 Å². The van der Waals surface area contributed by atoms with E-state index in [2.05, 4.69) is 17.0 Å². The lowest BCUT2D eigenvalue weighted by Gasteiger charge is -2.01. The van der Waals surface area contributed by atoms with Crippen LogP contribution in [0.25, 0.3) is 5.52 Å². The molecule has 0 saturated carbocycles. The summed E-state index contributed by atoms with van der Waals surface area (Å²) in [4.78, 5) is 15.0. The number of nitrogens with two attached hydrogens (primary N) is 1. The Balaban J connectivity index is 2.63. The monoisotopic (exact) mass is 204 g/mol. The molecule has 0 aromatic carbocycles. The van der Waals surface area contributed by atoms with Gasteiger partial charge in [-0.1, -0.05) is 13.3 Å². The van der Waals surface area contributed by atoms with Gasteiger partial charge in [-0.3, -0.25) is 4.79 Å². The summed E-state index contributed by atoms with van der Waals surface area (Å²) in [6.07, 6.45) is 3.30. The molecule has 2 aromatic heterocycles. The molecule has 0 atom stereocenters. The third-order valence-electron chi connectivity index (χ3n) is 2.27. The molecule has 0 fully saturated rings. The summed E-state index contributed by atoms with van der Waals surface area (Å²) in [5, 5.41) is 4.10. The van der Waals surface area contributed by atoms with E-state index in [0.717, 1.165) is 18.5 Å². The Hall–Kier alpha value is -1.91. The van der Waals surface area contributed by atoms with Crippen LogP contribution in [0.15, 0.2) is 18.5 Å². The summed E-state index contributed by atoms with van der Waals surface area (Å²) in [7, 11) is 0. The van der Waals surface area contributed by atoms with E-state index < -0.39 is 5.91 Å². The van der Waals surface area contributed by atoms with Crippen molar-refractivity contribution >= 4 is 11.4 Å². The van der Waals surface area contributed by atoms with Crippen LogP contribution < -0.4 is 5.73 Å². The second-order valence-corrected chi connectivity index (χ2v) is 3.34. The third-order valence-corrected chi connectivity index (χ3v) is 2.27. The van der Waals surface area contributed by atoms with E-state index in [-0.39, 0.29) is 5.69 Å². The Morgan fingerprint density at radius 1 is 1.53 bits per heavy atom. The molecule has 0 spiro atoms. The Bertz CT molecular complexity index is 503. The largest absolute Gasteiger partial charge is 0.364 e. The van der Waals surface area contributed by atoms with Crippen LogP contribution in [0.5, 0.6) is 0 Å². The van der Waals surface area contributed by atoms with Crippen molar-refractivity contribution in [2.75, 3.05) is 0 Å². The average Bonchev–Trinajstić information content (AvgIpc) is 2.62. The van der Waals surface area contributed by atoms with Crippen LogP contribution in [0.4, 0.5) is 0 Å². The number of carbonyl (C=O) groups excluding carboxylic acids is 1. The molecule has 2 rings (SSSR count). The first kappa shape index (κ1) is 9.64. The summed E-state index contributed by atoms with van der Waals surface area (Å²) >= 11 is 0. The zero-order valence-corrected chi connectivity index (χ0v) is 8.47. The van der Waals surface area contributed by atoms with Crippen LogP contribution in [0.1, 0.15) is 29.5 Å². The van der Waals surface area contributed by atoms with Crippen molar-refractivity contribution in [2.45, 2.75) is 19.8 Å². The Morgan fingerprint density at radius 2 is 2.33 bits per heavy atom. The number of primary amides is 1. The highest BCUT2D eigenvalue weighted by Crippen LogP contribution is 2.12.